The van der Waals surface area contributed by atoms with Gasteiger partial charge in [-0.25, -0.2) is 9.97 Å². The molecule has 0 saturated carbocycles. The molecular formula is C18H18ClN5O2. The normalized spacial score (nSPS) is 17.6. The summed E-state index contributed by atoms with van der Waals surface area (Å²) < 4.78 is 0. The van der Waals surface area contributed by atoms with Gasteiger partial charge in [-0.3, -0.25) is 9.59 Å². The summed E-state index contributed by atoms with van der Waals surface area (Å²) in [5, 5.41) is 0.592. The van der Waals surface area contributed by atoms with Crippen LogP contribution in [-0.2, 0) is 0 Å². The number of halogens is 1. The number of fused-ring (bicyclic) bond motifs is 1. The van der Waals surface area contributed by atoms with E-state index in [1.54, 1.807) is 30.0 Å². The second-order valence-corrected chi connectivity index (χ2v) is 7.03. The number of nitrogens with one attached hydrogen (secondary N) is 2. The van der Waals surface area contributed by atoms with E-state index in [9.17, 15) is 9.59 Å². The van der Waals surface area contributed by atoms with Crippen molar-refractivity contribution in [2.24, 2.45) is 0 Å². The molecule has 1 atom stereocenters. The van der Waals surface area contributed by atoms with Gasteiger partial charge < -0.3 is 14.9 Å². The van der Waals surface area contributed by atoms with Gasteiger partial charge in [0.1, 0.15) is 5.82 Å². The first-order chi connectivity index (χ1) is 12.5. The van der Waals surface area contributed by atoms with Gasteiger partial charge in [0.2, 0.25) is 0 Å². The van der Waals surface area contributed by atoms with Crippen molar-refractivity contribution in [3.05, 3.63) is 57.0 Å². The van der Waals surface area contributed by atoms with Crippen molar-refractivity contribution in [1.82, 2.24) is 24.8 Å². The van der Waals surface area contributed by atoms with Gasteiger partial charge in [0.15, 0.2) is 5.82 Å². The minimum absolute atomic E-state index is 0.0486. The molecule has 1 aliphatic heterocycles. The van der Waals surface area contributed by atoms with Gasteiger partial charge in [-0.05, 0) is 38.0 Å². The molecule has 2 N–H and O–H groups in total. The zero-order valence-electron chi connectivity index (χ0n) is 14.3. The van der Waals surface area contributed by atoms with Gasteiger partial charge in [0.05, 0.1) is 16.7 Å². The number of aryl methyl sites for hydroxylation is 1. The van der Waals surface area contributed by atoms with Crippen LogP contribution in [0.5, 0.6) is 0 Å². The molecule has 4 rings (SSSR count). The highest BCUT2D eigenvalue weighted by molar-refractivity contribution is 6.31. The van der Waals surface area contributed by atoms with Gasteiger partial charge in [-0.1, -0.05) is 11.6 Å². The van der Waals surface area contributed by atoms with E-state index in [0.29, 0.717) is 35.3 Å². The first kappa shape index (κ1) is 16.8. The summed E-state index contributed by atoms with van der Waals surface area (Å²) in [6.07, 6.45) is 1.76. The predicted molar refractivity (Wildman–Crippen MR) is 98.6 cm³/mol. The molecule has 0 aliphatic carbocycles. The summed E-state index contributed by atoms with van der Waals surface area (Å²) in [5.41, 5.74) is 2.02. The maximum absolute atomic E-state index is 12.9. The Morgan fingerprint density at radius 3 is 2.92 bits per heavy atom. The molecule has 3 heterocycles. The predicted octanol–water partition coefficient (Wildman–Crippen LogP) is 2.63. The summed E-state index contributed by atoms with van der Waals surface area (Å²) in [4.78, 5) is 40.9. The summed E-state index contributed by atoms with van der Waals surface area (Å²) >= 11 is 5.99. The fourth-order valence-corrected chi connectivity index (χ4v) is 3.62. The first-order valence-electron chi connectivity index (χ1n) is 8.52. The van der Waals surface area contributed by atoms with E-state index < -0.39 is 0 Å². The number of hydrogen-bond donors (Lipinski definition) is 2. The Morgan fingerprint density at radius 1 is 1.27 bits per heavy atom. The van der Waals surface area contributed by atoms with E-state index in [-0.39, 0.29) is 17.4 Å². The van der Waals surface area contributed by atoms with E-state index in [2.05, 4.69) is 19.9 Å². The van der Waals surface area contributed by atoms with Gasteiger partial charge in [0.25, 0.3) is 11.5 Å². The fourth-order valence-electron chi connectivity index (χ4n) is 3.45. The Hall–Kier alpha value is -2.67. The number of aromatic amines is 2. The molecule has 1 aromatic carbocycles. The van der Waals surface area contributed by atoms with Crippen molar-refractivity contribution in [2.75, 3.05) is 13.1 Å². The topological polar surface area (TPSA) is 94.7 Å². The SMILES string of the molecule is Cc1nc(C2CCCN(C(=O)c3nc4ccc(Cl)cc4[nH]3)C2)cc(=O)[nH]1. The number of amides is 1. The van der Waals surface area contributed by atoms with Crippen LogP contribution in [0.15, 0.2) is 29.1 Å². The van der Waals surface area contributed by atoms with E-state index in [1.807, 2.05) is 0 Å². The molecule has 0 radical (unpaired) electrons. The van der Waals surface area contributed by atoms with E-state index in [1.165, 1.54) is 6.07 Å². The van der Waals surface area contributed by atoms with Crippen molar-refractivity contribution in [1.29, 1.82) is 0 Å². The van der Waals surface area contributed by atoms with E-state index in [0.717, 1.165) is 24.1 Å². The third-order valence-electron chi connectivity index (χ3n) is 4.65. The van der Waals surface area contributed by atoms with Gasteiger partial charge in [0, 0.05) is 30.1 Å². The summed E-state index contributed by atoms with van der Waals surface area (Å²) in [6, 6.07) is 6.81. The maximum atomic E-state index is 12.9. The van der Waals surface area contributed by atoms with Crippen molar-refractivity contribution in [2.45, 2.75) is 25.7 Å². The molecule has 0 spiro atoms. The second kappa shape index (κ2) is 6.57. The molecule has 1 unspecified atom stereocenters. The molecule has 8 heteroatoms. The number of likely N-dealkylation sites (tertiary alicyclic amines) is 1. The third-order valence-corrected chi connectivity index (χ3v) is 4.89. The number of aromatic nitrogens is 4. The monoisotopic (exact) mass is 371 g/mol. The highest BCUT2D eigenvalue weighted by atomic mass is 35.5. The lowest BCUT2D eigenvalue weighted by Gasteiger charge is -2.31. The zero-order valence-corrected chi connectivity index (χ0v) is 15.0. The molecule has 3 aromatic rings. The molecule has 7 nitrogen and oxygen atoms in total. The number of H-pyrrole nitrogens is 2. The van der Waals surface area contributed by atoms with Crippen LogP contribution in [0.2, 0.25) is 5.02 Å². The van der Waals surface area contributed by atoms with Gasteiger partial charge in [-0.15, -0.1) is 0 Å². The molecular weight excluding hydrogens is 354 g/mol. The Kier molecular flexibility index (Phi) is 4.24. The Bertz CT molecular complexity index is 1040. The van der Waals surface area contributed by atoms with Gasteiger partial charge in [-0.2, -0.15) is 0 Å². The Balaban J connectivity index is 1.58. The van der Waals surface area contributed by atoms with E-state index >= 15 is 0 Å². The lowest BCUT2D eigenvalue weighted by molar-refractivity contribution is 0.0695. The highest BCUT2D eigenvalue weighted by Gasteiger charge is 2.28. The largest absolute Gasteiger partial charge is 0.335 e. The second-order valence-electron chi connectivity index (χ2n) is 6.59. The molecule has 2 aromatic heterocycles. The van der Waals surface area contributed by atoms with Crippen molar-refractivity contribution < 1.29 is 4.79 Å². The minimum atomic E-state index is -0.162. The third kappa shape index (κ3) is 3.22. The van der Waals surface area contributed by atoms with Crippen LogP contribution in [0.1, 0.15) is 40.9 Å². The first-order valence-corrected chi connectivity index (χ1v) is 8.90. The van der Waals surface area contributed by atoms with Crippen LogP contribution in [-0.4, -0.2) is 43.8 Å². The number of benzene rings is 1. The maximum Gasteiger partial charge on any atom is 0.289 e. The van der Waals surface area contributed by atoms with E-state index in [4.69, 9.17) is 11.6 Å². The van der Waals surface area contributed by atoms with Crippen molar-refractivity contribution in [3.63, 3.8) is 0 Å². The molecule has 134 valence electrons. The van der Waals surface area contributed by atoms with Crippen LogP contribution in [0.4, 0.5) is 0 Å². The zero-order chi connectivity index (χ0) is 18.3. The number of piperidine rings is 1. The molecule has 26 heavy (non-hydrogen) atoms. The molecule has 1 aliphatic rings. The lowest BCUT2D eigenvalue weighted by Crippen LogP contribution is -2.40. The van der Waals surface area contributed by atoms with Crippen molar-refractivity contribution in [3.8, 4) is 0 Å². The summed E-state index contributed by atoms with van der Waals surface area (Å²) in [6.45, 7) is 2.94. The molecule has 1 saturated heterocycles. The van der Waals surface area contributed by atoms with Crippen LogP contribution in [0.3, 0.4) is 0 Å². The average Bonchev–Trinajstić information content (AvgIpc) is 3.03. The van der Waals surface area contributed by atoms with Crippen molar-refractivity contribution >= 4 is 28.5 Å². The minimum Gasteiger partial charge on any atom is -0.335 e. The van der Waals surface area contributed by atoms with Crippen LogP contribution in [0, 0.1) is 6.92 Å². The fraction of sp³-hybridized carbons (Fsp3) is 0.333. The van der Waals surface area contributed by atoms with Gasteiger partial charge >= 0.3 is 0 Å². The number of rotatable bonds is 2. The average molecular weight is 372 g/mol. The highest BCUT2D eigenvalue weighted by Crippen LogP contribution is 2.26. The quantitative estimate of drug-likeness (QED) is 0.724. The molecule has 1 fully saturated rings. The number of carbonyl (C=O) groups is 1. The Morgan fingerprint density at radius 2 is 2.12 bits per heavy atom. The number of nitrogens with zero attached hydrogens (tertiary/aromatic N) is 3. The van der Waals surface area contributed by atoms with Crippen LogP contribution < -0.4 is 5.56 Å². The lowest BCUT2D eigenvalue weighted by atomic mass is 9.94. The number of hydrogen-bond acceptors (Lipinski definition) is 4. The smallest absolute Gasteiger partial charge is 0.289 e. The summed E-state index contributed by atoms with van der Waals surface area (Å²) in [5.74, 6) is 0.791. The summed E-state index contributed by atoms with van der Waals surface area (Å²) in [7, 11) is 0. The Labute approximate surface area is 154 Å². The standard InChI is InChI=1S/C18H18ClN5O2/c1-10-20-14(8-16(25)21-10)11-3-2-6-24(9-11)18(26)17-22-13-5-4-12(19)7-15(13)23-17/h4-5,7-8,11H,2-3,6,9H2,1H3,(H,22,23)(H,20,21,25). The molecule has 0 bridgehead atoms. The number of imidazole rings is 1. The van der Waals surface area contributed by atoms with Crippen LogP contribution >= 0.6 is 11.6 Å². The van der Waals surface area contributed by atoms with Crippen LogP contribution in [0.25, 0.3) is 11.0 Å². The molecule has 1 amide bonds. The number of carbonyl (C=O) groups excluding carboxylic acids is 1.